The van der Waals surface area contributed by atoms with E-state index in [0.717, 1.165) is 18.7 Å². The van der Waals surface area contributed by atoms with Gasteiger partial charge in [-0.2, -0.15) is 4.31 Å². The van der Waals surface area contributed by atoms with Crippen LogP contribution in [0.1, 0.15) is 6.92 Å². The molecular formula is C16H19F2N5O2S. The van der Waals surface area contributed by atoms with Crippen LogP contribution in [0.15, 0.2) is 35.2 Å². The lowest BCUT2D eigenvalue weighted by Crippen LogP contribution is -2.49. The number of sulfonamides is 1. The fraction of sp³-hybridized carbons (Fsp3) is 0.375. The first kappa shape index (κ1) is 18.5. The molecule has 0 atom stereocenters. The van der Waals surface area contributed by atoms with E-state index >= 15 is 0 Å². The molecule has 0 bridgehead atoms. The van der Waals surface area contributed by atoms with E-state index in [1.165, 1.54) is 4.31 Å². The normalized spacial score (nSPS) is 15.9. The van der Waals surface area contributed by atoms with Crippen molar-refractivity contribution in [1.29, 1.82) is 0 Å². The van der Waals surface area contributed by atoms with E-state index in [4.69, 9.17) is 0 Å². The first-order valence-corrected chi connectivity index (χ1v) is 9.63. The Labute approximate surface area is 150 Å². The first-order valence-electron chi connectivity index (χ1n) is 8.19. The molecule has 0 radical (unpaired) electrons. The maximum absolute atomic E-state index is 13.3. The largest absolute Gasteiger partial charge is 0.369 e. The summed E-state index contributed by atoms with van der Waals surface area (Å²) in [4.78, 5) is 1.54. The molecule has 7 nitrogen and oxygen atoms in total. The van der Waals surface area contributed by atoms with Crippen LogP contribution in [-0.4, -0.2) is 55.6 Å². The van der Waals surface area contributed by atoms with Crippen molar-refractivity contribution in [1.82, 2.24) is 14.5 Å². The Kier molecular flexibility index (Phi) is 5.33. The number of piperazine rings is 1. The standard InChI is InChI=1S/C16H19F2N5O2S/c1-2-19-15-3-4-16(21-20-15)22-5-7-23(8-6-22)26(24,25)14-10-12(17)9-13(18)11-14/h3-4,9-11H,2,5-8H2,1H3,(H,19,20). The van der Waals surface area contributed by atoms with Gasteiger partial charge in [-0.15, -0.1) is 10.2 Å². The van der Waals surface area contributed by atoms with Crippen molar-refractivity contribution in [3.05, 3.63) is 42.0 Å². The zero-order valence-electron chi connectivity index (χ0n) is 14.2. The minimum absolute atomic E-state index is 0.192. The van der Waals surface area contributed by atoms with Crippen molar-refractivity contribution in [3.8, 4) is 0 Å². The number of nitrogens with one attached hydrogen (secondary N) is 1. The highest BCUT2D eigenvalue weighted by atomic mass is 32.2. The number of benzene rings is 1. The molecule has 0 unspecified atom stereocenters. The Morgan fingerprint density at radius 1 is 1.04 bits per heavy atom. The van der Waals surface area contributed by atoms with Crippen LogP contribution in [0.2, 0.25) is 0 Å². The lowest BCUT2D eigenvalue weighted by atomic mass is 10.3. The second-order valence-corrected chi connectivity index (χ2v) is 7.74. The predicted octanol–water partition coefficient (Wildman–Crippen LogP) is 1.70. The monoisotopic (exact) mass is 383 g/mol. The minimum Gasteiger partial charge on any atom is -0.369 e. The summed E-state index contributed by atoms with van der Waals surface area (Å²) in [6.45, 7) is 3.90. The molecule has 0 aliphatic carbocycles. The maximum atomic E-state index is 13.3. The number of rotatable bonds is 5. The number of hydrogen-bond acceptors (Lipinski definition) is 6. The van der Waals surface area contributed by atoms with Crippen LogP contribution in [0, 0.1) is 11.6 Å². The highest BCUT2D eigenvalue weighted by molar-refractivity contribution is 7.89. The van der Waals surface area contributed by atoms with Crippen LogP contribution >= 0.6 is 0 Å². The molecule has 10 heteroatoms. The average Bonchev–Trinajstić information content (AvgIpc) is 2.62. The molecule has 1 saturated heterocycles. The van der Waals surface area contributed by atoms with Crippen LogP contribution in [-0.2, 0) is 10.0 Å². The van der Waals surface area contributed by atoms with Crippen LogP contribution in [0.5, 0.6) is 0 Å². The second kappa shape index (κ2) is 7.50. The van der Waals surface area contributed by atoms with Gasteiger partial charge in [0.25, 0.3) is 0 Å². The Bertz CT molecular complexity index is 848. The molecule has 1 aliphatic heterocycles. The van der Waals surface area contributed by atoms with Crippen molar-refractivity contribution in [2.24, 2.45) is 0 Å². The quantitative estimate of drug-likeness (QED) is 0.847. The van der Waals surface area contributed by atoms with Crippen LogP contribution in [0.25, 0.3) is 0 Å². The summed E-state index contributed by atoms with van der Waals surface area (Å²) in [5, 5.41) is 11.2. The molecule has 140 valence electrons. The Morgan fingerprint density at radius 3 is 2.23 bits per heavy atom. The average molecular weight is 383 g/mol. The van der Waals surface area contributed by atoms with Gasteiger partial charge in [0.05, 0.1) is 4.90 Å². The van der Waals surface area contributed by atoms with E-state index in [2.05, 4.69) is 15.5 Å². The molecule has 1 aromatic carbocycles. The molecule has 3 rings (SSSR count). The van der Waals surface area contributed by atoms with Gasteiger partial charge < -0.3 is 10.2 Å². The maximum Gasteiger partial charge on any atom is 0.243 e. The van der Waals surface area contributed by atoms with Crippen molar-refractivity contribution in [2.45, 2.75) is 11.8 Å². The fourth-order valence-corrected chi connectivity index (χ4v) is 4.22. The Balaban J connectivity index is 1.69. The van der Waals surface area contributed by atoms with E-state index in [1.54, 1.807) is 0 Å². The third-order valence-corrected chi connectivity index (χ3v) is 5.92. The number of aromatic nitrogens is 2. The second-order valence-electron chi connectivity index (χ2n) is 5.80. The molecule has 26 heavy (non-hydrogen) atoms. The summed E-state index contributed by atoms with van der Waals surface area (Å²) in [6, 6.07) is 5.93. The number of halogens is 2. The lowest BCUT2D eigenvalue weighted by molar-refractivity contribution is 0.383. The third kappa shape index (κ3) is 3.91. The van der Waals surface area contributed by atoms with E-state index in [1.807, 2.05) is 24.0 Å². The van der Waals surface area contributed by atoms with Gasteiger partial charge in [-0.3, -0.25) is 0 Å². The summed E-state index contributed by atoms with van der Waals surface area (Å²) in [5.41, 5.74) is 0. The summed E-state index contributed by atoms with van der Waals surface area (Å²) < 4.78 is 53.1. The number of nitrogens with zero attached hydrogens (tertiary/aromatic N) is 4. The van der Waals surface area contributed by atoms with Gasteiger partial charge in [-0.25, -0.2) is 17.2 Å². The van der Waals surface area contributed by atoms with Crippen LogP contribution in [0.3, 0.4) is 0 Å². The highest BCUT2D eigenvalue weighted by Gasteiger charge is 2.29. The molecular weight excluding hydrogens is 364 g/mol. The summed E-state index contributed by atoms with van der Waals surface area (Å²) in [5.74, 6) is -0.511. The number of hydrogen-bond donors (Lipinski definition) is 1. The Hall–Kier alpha value is -2.33. The molecule has 1 aromatic heterocycles. The SMILES string of the molecule is CCNc1ccc(N2CCN(S(=O)(=O)c3cc(F)cc(F)c3)CC2)nn1. The zero-order chi connectivity index (χ0) is 18.7. The van der Waals surface area contributed by atoms with Gasteiger partial charge in [0.2, 0.25) is 10.0 Å². The smallest absolute Gasteiger partial charge is 0.243 e. The van der Waals surface area contributed by atoms with Crippen LogP contribution in [0.4, 0.5) is 20.4 Å². The van der Waals surface area contributed by atoms with Crippen molar-refractivity contribution in [2.75, 3.05) is 42.9 Å². The van der Waals surface area contributed by atoms with E-state index in [9.17, 15) is 17.2 Å². The molecule has 0 amide bonds. The van der Waals surface area contributed by atoms with Gasteiger partial charge in [0.1, 0.15) is 17.5 Å². The minimum atomic E-state index is -3.95. The Morgan fingerprint density at radius 2 is 1.69 bits per heavy atom. The summed E-state index contributed by atoms with van der Waals surface area (Å²) in [7, 11) is -3.95. The molecule has 2 heterocycles. The molecule has 0 spiro atoms. The molecule has 2 aromatic rings. The fourth-order valence-electron chi connectivity index (χ4n) is 2.75. The lowest BCUT2D eigenvalue weighted by Gasteiger charge is -2.34. The highest BCUT2D eigenvalue weighted by Crippen LogP contribution is 2.21. The number of anilines is 2. The first-order chi connectivity index (χ1) is 12.4. The van der Waals surface area contributed by atoms with E-state index in [0.29, 0.717) is 30.8 Å². The topological polar surface area (TPSA) is 78.4 Å². The molecule has 1 fully saturated rings. The predicted molar refractivity (Wildman–Crippen MR) is 93.5 cm³/mol. The molecule has 1 N–H and O–H groups in total. The van der Waals surface area contributed by atoms with Gasteiger partial charge in [0, 0.05) is 38.8 Å². The van der Waals surface area contributed by atoms with E-state index < -0.39 is 21.7 Å². The molecule has 0 saturated carbocycles. The third-order valence-electron chi connectivity index (χ3n) is 4.04. The van der Waals surface area contributed by atoms with Gasteiger partial charge in [-0.1, -0.05) is 0 Å². The summed E-state index contributed by atoms with van der Waals surface area (Å²) in [6.07, 6.45) is 0. The zero-order valence-corrected chi connectivity index (χ0v) is 15.0. The van der Waals surface area contributed by atoms with Crippen LogP contribution < -0.4 is 10.2 Å². The molecule has 1 aliphatic rings. The van der Waals surface area contributed by atoms with Crippen molar-refractivity contribution in [3.63, 3.8) is 0 Å². The van der Waals surface area contributed by atoms with Crippen molar-refractivity contribution >= 4 is 21.7 Å². The van der Waals surface area contributed by atoms with Gasteiger partial charge in [-0.05, 0) is 31.2 Å². The van der Waals surface area contributed by atoms with Crippen molar-refractivity contribution < 1.29 is 17.2 Å². The van der Waals surface area contributed by atoms with Gasteiger partial charge >= 0.3 is 0 Å². The summed E-state index contributed by atoms with van der Waals surface area (Å²) >= 11 is 0. The van der Waals surface area contributed by atoms with Gasteiger partial charge in [0.15, 0.2) is 5.82 Å². The van der Waals surface area contributed by atoms with E-state index in [-0.39, 0.29) is 18.0 Å².